The normalized spacial score (nSPS) is 27.0. The van der Waals surface area contributed by atoms with Crippen molar-refractivity contribution in [2.75, 3.05) is 53.9 Å². The first-order chi connectivity index (χ1) is 6.09. The van der Waals surface area contributed by atoms with Crippen molar-refractivity contribution in [3.05, 3.63) is 0 Å². The Morgan fingerprint density at radius 2 is 2.00 bits per heavy atom. The molecule has 1 saturated heterocycles. The summed E-state index contributed by atoms with van der Waals surface area (Å²) in [6.07, 6.45) is 0. The zero-order valence-electron chi connectivity index (χ0n) is 9.45. The lowest BCUT2D eigenvalue weighted by atomic mass is 10.2. The molecule has 0 aromatic rings. The molecule has 0 aromatic carbocycles. The third-order valence-electron chi connectivity index (χ3n) is 2.91. The molecule has 0 aliphatic carbocycles. The fourth-order valence-electron chi connectivity index (χ4n) is 1.67. The van der Waals surface area contributed by atoms with Gasteiger partial charge < -0.3 is 9.80 Å². The van der Waals surface area contributed by atoms with Gasteiger partial charge >= 0.3 is 0 Å². The van der Waals surface area contributed by atoms with E-state index in [1.165, 1.54) is 32.7 Å². The molecule has 3 nitrogen and oxygen atoms in total. The van der Waals surface area contributed by atoms with Gasteiger partial charge in [0.1, 0.15) is 0 Å². The van der Waals surface area contributed by atoms with Crippen LogP contribution < -0.4 is 0 Å². The molecule has 0 N–H and O–H groups in total. The van der Waals surface area contributed by atoms with E-state index in [0.29, 0.717) is 0 Å². The average molecular weight is 185 g/mol. The summed E-state index contributed by atoms with van der Waals surface area (Å²) in [6.45, 7) is 8.37. The molecule has 0 aromatic heterocycles. The fraction of sp³-hybridized carbons (Fsp3) is 1.00. The van der Waals surface area contributed by atoms with Crippen molar-refractivity contribution in [3.63, 3.8) is 0 Å². The van der Waals surface area contributed by atoms with E-state index in [1.807, 2.05) is 0 Å². The van der Waals surface area contributed by atoms with Crippen LogP contribution in [-0.2, 0) is 0 Å². The summed E-state index contributed by atoms with van der Waals surface area (Å²) >= 11 is 0. The minimum atomic E-state index is 0.718. The fourth-order valence-corrected chi connectivity index (χ4v) is 1.67. The molecule has 1 aliphatic rings. The predicted molar refractivity (Wildman–Crippen MR) is 57.1 cm³/mol. The molecule has 78 valence electrons. The molecule has 1 rings (SSSR count). The summed E-state index contributed by atoms with van der Waals surface area (Å²) in [5.41, 5.74) is 0. The highest BCUT2D eigenvalue weighted by atomic mass is 15.3. The predicted octanol–water partition coefficient (Wildman–Crippen LogP) is 0.184. The molecule has 13 heavy (non-hydrogen) atoms. The Bertz CT molecular complexity index is 147. The number of nitrogens with zero attached hydrogens (tertiary/aromatic N) is 3. The molecule has 1 aliphatic heterocycles. The standard InChI is InChI=1S/C10H23N3/c1-10-9-13(7-5-11(2)3)8-6-12(10)4/h10H,5-9H2,1-4H3. The molecule has 1 atom stereocenters. The zero-order chi connectivity index (χ0) is 9.84. The lowest BCUT2D eigenvalue weighted by Crippen LogP contribution is -2.51. The molecule has 1 fully saturated rings. The van der Waals surface area contributed by atoms with Crippen molar-refractivity contribution in [1.82, 2.24) is 14.7 Å². The number of hydrogen-bond donors (Lipinski definition) is 0. The van der Waals surface area contributed by atoms with Crippen LogP contribution in [0.1, 0.15) is 6.92 Å². The van der Waals surface area contributed by atoms with E-state index in [4.69, 9.17) is 0 Å². The van der Waals surface area contributed by atoms with Crippen molar-refractivity contribution in [1.29, 1.82) is 0 Å². The van der Waals surface area contributed by atoms with Crippen molar-refractivity contribution in [2.24, 2.45) is 0 Å². The number of rotatable bonds is 3. The molecular formula is C10H23N3. The van der Waals surface area contributed by atoms with Gasteiger partial charge in [0, 0.05) is 38.8 Å². The van der Waals surface area contributed by atoms with Gasteiger partial charge in [-0.3, -0.25) is 4.90 Å². The topological polar surface area (TPSA) is 9.72 Å². The Morgan fingerprint density at radius 3 is 2.54 bits per heavy atom. The lowest BCUT2D eigenvalue weighted by Gasteiger charge is -2.38. The minimum Gasteiger partial charge on any atom is -0.308 e. The van der Waals surface area contributed by atoms with E-state index in [0.717, 1.165) is 6.04 Å². The van der Waals surface area contributed by atoms with Crippen LogP contribution in [0.3, 0.4) is 0 Å². The summed E-state index contributed by atoms with van der Waals surface area (Å²) in [5.74, 6) is 0. The van der Waals surface area contributed by atoms with Crippen LogP contribution in [0.5, 0.6) is 0 Å². The second-order valence-corrected chi connectivity index (χ2v) is 4.43. The first-order valence-electron chi connectivity index (χ1n) is 5.17. The van der Waals surface area contributed by atoms with Crippen molar-refractivity contribution in [2.45, 2.75) is 13.0 Å². The maximum atomic E-state index is 2.56. The van der Waals surface area contributed by atoms with Crippen LogP contribution >= 0.6 is 0 Å². The van der Waals surface area contributed by atoms with Gasteiger partial charge in [0.05, 0.1) is 0 Å². The monoisotopic (exact) mass is 185 g/mol. The van der Waals surface area contributed by atoms with Gasteiger partial charge in [-0.2, -0.15) is 0 Å². The van der Waals surface area contributed by atoms with E-state index in [1.54, 1.807) is 0 Å². The molecule has 0 saturated carbocycles. The summed E-state index contributed by atoms with van der Waals surface area (Å²) < 4.78 is 0. The Morgan fingerprint density at radius 1 is 1.31 bits per heavy atom. The van der Waals surface area contributed by atoms with Gasteiger partial charge in [0.25, 0.3) is 0 Å². The van der Waals surface area contributed by atoms with Crippen molar-refractivity contribution >= 4 is 0 Å². The molecule has 0 amide bonds. The molecule has 0 radical (unpaired) electrons. The van der Waals surface area contributed by atoms with Gasteiger partial charge in [-0.1, -0.05) is 0 Å². The number of piperazine rings is 1. The molecule has 3 heteroatoms. The summed E-state index contributed by atoms with van der Waals surface area (Å²) in [6, 6.07) is 0.718. The first kappa shape index (κ1) is 11.0. The lowest BCUT2D eigenvalue weighted by molar-refractivity contribution is 0.0996. The van der Waals surface area contributed by atoms with E-state index in [2.05, 4.69) is 42.8 Å². The molecular weight excluding hydrogens is 162 g/mol. The molecule has 0 spiro atoms. The average Bonchev–Trinajstić information content (AvgIpc) is 2.07. The van der Waals surface area contributed by atoms with Gasteiger partial charge in [-0.15, -0.1) is 0 Å². The maximum absolute atomic E-state index is 2.56. The summed E-state index contributed by atoms with van der Waals surface area (Å²) in [5, 5.41) is 0. The SMILES string of the molecule is CC1CN(CCN(C)C)CCN1C. The second-order valence-electron chi connectivity index (χ2n) is 4.43. The second kappa shape index (κ2) is 4.94. The van der Waals surface area contributed by atoms with E-state index >= 15 is 0 Å². The van der Waals surface area contributed by atoms with Gasteiger partial charge in [-0.05, 0) is 28.1 Å². The Balaban J connectivity index is 2.21. The summed E-state index contributed by atoms with van der Waals surface area (Å²) in [7, 11) is 6.49. The van der Waals surface area contributed by atoms with E-state index in [9.17, 15) is 0 Å². The van der Waals surface area contributed by atoms with E-state index in [-0.39, 0.29) is 0 Å². The minimum absolute atomic E-state index is 0.718. The molecule has 1 unspecified atom stereocenters. The Kier molecular flexibility index (Phi) is 4.16. The Hall–Kier alpha value is -0.120. The van der Waals surface area contributed by atoms with Crippen LogP contribution in [0.25, 0.3) is 0 Å². The van der Waals surface area contributed by atoms with Crippen molar-refractivity contribution < 1.29 is 0 Å². The van der Waals surface area contributed by atoms with Crippen LogP contribution in [0.4, 0.5) is 0 Å². The number of hydrogen-bond acceptors (Lipinski definition) is 3. The highest BCUT2D eigenvalue weighted by Gasteiger charge is 2.19. The summed E-state index contributed by atoms with van der Waals surface area (Å²) in [4.78, 5) is 7.25. The van der Waals surface area contributed by atoms with Gasteiger partial charge in [-0.25, -0.2) is 0 Å². The van der Waals surface area contributed by atoms with Crippen molar-refractivity contribution in [3.8, 4) is 0 Å². The first-order valence-corrected chi connectivity index (χ1v) is 5.17. The largest absolute Gasteiger partial charge is 0.308 e. The van der Waals surface area contributed by atoms with E-state index < -0.39 is 0 Å². The number of likely N-dealkylation sites (N-methyl/N-ethyl adjacent to an activating group) is 2. The third kappa shape index (κ3) is 3.63. The molecule has 1 heterocycles. The third-order valence-corrected chi connectivity index (χ3v) is 2.91. The zero-order valence-corrected chi connectivity index (χ0v) is 9.45. The maximum Gasteiger partial charge on any atom is 0.0192 e. The highest BCUT2D eigenvalue weighted by molar-refractivity contribution is 4.76. The smallest absolute Gasteiger partial charge is 0.0192 e. The highest BCUT2D eigenvalue weighted by Crippen LogP contribution is 2.05. The van der Waals surface area contributed by atoms with Gasteiger partial charge in [0.15, 0.2) is 0 Å². The van der Waals surface area contributed by atoms with Crippen LogP contribution in [-0.4, -0.2) is 74.6 Å². The van der Waals surface area contributed by atoms with Gasteiger partial charge in [0.2, 0.25) is 0 Å². The van der Waals surface area contributed by atoms with Crippen LogP contribution in [0.2, 0.25) is 0 Å². The quantitative estimate of drug-likeness (QED) is 0.621. The Labute approximate surface area is 82.3 Å². The molecule has 0 bridgehead atoms. The van der Waals surface area contributed by atoms with Crippen LogP contribution in [0.15, 0.2) is 0 Å². The van der Waals surface area contributed by atoms with Crippen LogP contribution in [0, 0.1) is 0 Å².